The Balaban J connectivity index is 2.91. The SMILES string of the molecule is CC(C)C1=CC(=CN(C)C)C(O)C=C1. The molecule has 14 heavy (non-hydrogen) atoms. The molecule has 0 aliphatic heterocycles. The molecule has 1 N–H and O–H groups in total. The highest BCUT2D eigenvalue weighted by Gasteiger charge is 2.12. The second kappa shape index (κ2) is 4.47. The lowest BCUT2D eigenvalue weighted by molar-refractivity contribution is 0.259. The van der Waals surface area contributed by atoms with E-state index in [-0.39, 0.29) is 0 Å². The molecule has 0 saturated heterocycles. The van der Waals surface area contributed by atoms with Gasteiger partial charge in [0, 0.05) is 25.9 Å². The first-order chi connectivity index (χ1) is 6.50. The molecule has 0 saturated carbocycles. The van der Waals surface area contributed by atoms with E-state index in [0.717, 1.165) is 5.57 Å². The molecule has 1 aliphatic rings. The van der Waals surface area contributed by atoms with Crippen LogP contribution in [-0.2, 0) is 0 Å². The Bertz CT molecular complexity index is 285. The topological polar surface area (TPSA) is 23.5 Å². The van der Waals surface area contributed by atoms with Crippen LogP contribution in [0.2, 0.25) is 0 Å². The molecule has 1 aliphatic carbocycles. The van der Waals surface area contributed by atoms with Gasteiger partial charge >= 0.3 is 0 Å². The molecule has 1 atom stereocenters. The van der Waals surface area contributed by atoms with Crippen molar-refractivity contribution in [3.05, 3.63) is 35.6 Å². The van der Waals surface area contributed by atoms with Crippen LogP contribution in [0, 0.1) is 5.92 Å². The van der Waals surface area contributed by atoms with E-state index in [1.807, 2.05) is 37.3 Å². The highest BCUT2D eigenvalue weighted by Crippen LogP contribution is 2.21. The first-order valence-corrected chi connectivity index (χ1v) is 4.96. The van der Waals surface area contributed by atoms with Gasteiger partial charge in [0.05, 0.1) is 6.10 Å². The van der Waals surface area contributed by atoms with E-state index < -0.39 is 6.10 Å². The first kappa shape index (κ1) is 11.1. The lowest BCUT2D eigenvalue weighted by atomic mass is 9.93. The van der Waals surface area contributed by atoms with Crippen molar-refractivity contribution in [3.8, 4) is 0 Å². The van der Waals surface area contributed by atoms with Gasteiger partial charge in [-0.15, -0.1) is 0 Å². The normalized spacial score (nSPS) is 24.3. The van der Waals surface area contributed by atoms with Gasteiger partial charge in [-0.2, -0.15) is 0 Å². The van der Waals surface area contributed by atoms with Crippen LogP contribution in [0.15, 0.2) is 35.6 Å². The Kier molecular flexibility index (Phi) is 3.53. The summed E-state index contributed by atoms with van der Waals surface area (Å²) in [5.74, 6) is 0.504. The first-order valence-electron chi connectivity index (χ1n) is 4.96. The van der Waals surface area contributed by atoms with Gasteiger partial charge in [-0.25, -0.2) is 0 Å². The second-order valence-corrected chi connectivity index (χ2v) is 4.20. The number of allylic oxidation sites excluding steroid dienone is 2. The minimum Gasteiger partial charge on any atom is -0.384 e. The minimum atomic E-state index is -0.458. The summed E-state index contributed by atoms with van der Waals surface area (Å²) >= 11 is 0. The molecule has 1 rings (SSSR count). The van der Waals surface area contributed by atoms with Gasteiger partial charge in [0.1, 0.15) is 0 Å². The zero-order chi connectivity index (χ0) is 10.7. The highest BCUT2D eigenvalue weighted by atomic mass is 16.3. The summed E-state index contributed by atoms with van der Waals surface area (Å²) in [6.07, 6.45) is 7.40. The summed E-state index contributed by atoms with van der Waals surface area (Å²) in [6, 6.07) is 0. The Morgan fingerprint density at radius 1 is 1.43 bits per heavy atom. The molecular formula is C12H19NO. The van der Waals surface area contributed by atoms with Crippen LogP contribution in [0.5, 0.6) is 0 Å². The van der Waals surface area contributed by atoms with E-state index in [4.69, 9.17) is 0 Å². The Hall–Kier alpha value is -1.02. The summed E-state index contributed by atoms with van der Waals surface area (Å²) in [7, 11) is 3.92. The fourth-order valence-corrected chi connectivity index (χ4v) is 1.41. The van der Waals surface area contributed by atoms with Gasteiger partial charge in [-0.1, -0.05) is 32.1 Å². The molecule has 0 aromatic rings. The smallest absolute Gasteiger partial charge is 0.0988 e. The van der Waals surface area contributed by atoms with Crippen LogP contribution in [0.25, 0.3) is 0 Å². The fourth-order valence-electron chi connectivity index (χ4n) is 1.41. The van der Waals surface area contributed by atoms with Crippen LogP contribution in [0.3, 0.4) is 0 Å². The monoisotopic (exact) mass is 193 g/mol. The van der Waals surface area contributed by atoms with Crippen molar-refractivity contribution >= 4 is 0 Å². The quantitative estimate of drug-likeness (QED) is 0.724. The molecular weight excluding hydrogens is 174 g/mol. The zero-order valence-electron chi connectivity index (χ0n) is 9.36. The fraction of sp³-hybridized carbons (Fsp3) is 0.500. The van der Waals surface area contributed by atoms with E-state index in [2.05, 4.69) is 19.9 Å². The molecule has 0 spiro atoms. The third-order valence-corrected chi connectivity index (χ3v) is 2.22. The Labute approximate surface area is 86.2 Å². The van der Waals surface area contributed by atoms with Crippen LogP contribution in [-0.4, -0.2) is 30.2 Å². The van der Waals surface area contributed by atoms with Crippen LogP contribution >= 0.6 is 0 Å². The van der Waals surface area contributed by atoms with Crippen molar-refractivity contribution in [1.82, 2.24) is 4.90 Å². The number of rotatable bonds is 2. The Morgan fingerprint density at radius 2 is 2.07 bits per heavy atom. The summed E-state index contributed by atoms with van der Waals surface area (Å²) in [6.45, 7) is 4.31. The standard InChI is InChI=1S/C12H19NO/c1-9(2)10-5-6-12(14)11(7-10)8-13(3)4/h5-9,12,14H,1-4H3. The number of hydrogen-bond donors (Lipinski definition) is 1. The van der Waals surface area contributed by atoms with E-state index in [9.17, 15) is 5.11 Å². The lowest BCUT2D eigenvalue weighted by Crippen LogP contribution is -2.14. The van der Waals surface area contributed by atoms with Gasteiger partial charge in [-0.3, -0.25) is 0 Å². The maximum Gasteiger partial charge on any atom is 0.0988 e. The average Bonchev–Trinajstić information content (AvgIpc) is 2.07. The van der Waals surface area contributed by atoms with Crippen LogP contribution in [0.1, 0.15) is 13.8 Å². The predicted octanol–water partition coefficient (Wildman–Crippen LogP) is 1.95. The highest BCUT2D eigenvalue weighted by molar-refractivity contribution is 5.40. The van der Waals surface area contributed by atoms with Crippen molar-refractivity contribution in [2.45, 2.75) is 20.0 Å². The minimum absolute atomic E-state index is 0.458. The van der Waals surface area contributed by atoms with Gasteiger partial charge in [0.15, 0.2) is 0 Å². The molecule has 0 bridgehead atoms. The summed E-state index contributed by atoms with van der Waals surface area (Å²) in [4.78, 5) is 1.95. The number of aliphatic hydroxyl groups is 1. The molecule has 2 nitrogen and oxygen atoms in total. The molecule has 1 unspecified atom stereocenters. The summed E-state index contributed by atoms with van der Waals surface area (Å²) in [5, 5.41) is 9.69. The largest absolute Gasteiger partial charge is 0.384 e. The molecule has 0 fully saturated rings. The van der Waals surface area contributed by atoms with Gasteiger partial charge in [-0.05, 0) is 11.5 Å². The second-order valence-electron chi connectivity index (χ2n) is 4.20. The van der Waals surface area contributed by atoms with E-state index in [1.54, 1.807) is 0 Å². The third-order valence-electron chi connectivity index (χ3n) is 2.22. The van der Waals surface area contributed by atoms with E-state index in [0.29, 0.717) is 5.92 Å². The van der Waals surface area contributed by atoms with Crippen molar-refractivity contribution < 1.29 is 5.11 Å². The molecule has 0 aromatic carbocycles. The molecule has 78 valence electrons. The average molecular weight is 193 g/mol. The van der Waals surface area contributed by atoms with E-state index in [1.165, 1.54) is 5.57 Å². The maximum absolute atomic E-state index is 9.69. The summed E-state index contributed by atoms with van der Waals surface area (Å²) < 4.78 is 0. The van der Waals surface area contributed by atoms with Crippen molar-refractivity contribution in [1.29, 1.82) is 0 Å². The molecule has 0 amide bonds. The van der Waals surface area contributed by atoms with Gasteiger partial charge < -0.3 is 10.0 Å². The number of hydrogen-bond acceptors (Lipinski definition) is 2. The van der Waals surface area contributed by atoms with Crippen molar-refractivity contribution in [2.75, 3.05) is 14.1 Å². The van der Waals surface area contributed by atoms with Crippen LogP contribution < -0.4 is 0 Å². The van der Waals surface area contributed by atoms with Crippen molar-refractivity contribution in [2.24, 2.45) is 5.92 Å². The molecule has 0 heterocycles. The lowest BCUT2D eigenvalue weighted by Gasteiger charge is -2.19. The number of aliphatic hydroxyl groups excluding tert-OH is 1. The molecule has 0 radical (unpaired) electrons. The van der Waals surface area contributed by atoms with Crippen LogP contribution in [0.4, 0.5) is 0 Å². The molecule has 0 aromatic heterocycles. The maximum atomic E-state index is 9.69. The summed E-state index contributed by atoms with van der Waals surface area (Å²) in [5.41, 5.74) is 2.23. The Morgan fingerprint density at radius 3 is 2.57 bits per heavy atom. The zero-order valence-corrected chi connectivity index (χ0v) is 9.36. The third kappa shape index (κ3) is 2.74. The predicted molar refractivity (Wildman–Crippen MR) is 59.8 cm³/mol. The molecule has 2 heteroatoms. The van der Waals surface area contributed by atoms with Gasteiger partial charge in [0.25, 0.3) is 0 Å². The number of nitrogens with zero attached hydrogens (tertiary/aromatic N) is 1. The van der Waals surface area contributed by atoms with Crippen molar-refractivity contribution in [3.63, 3.8) is 0 Å². The van der Waals surface area contributed by atoms with Gasteiger partial charge in [0.2, 0.25) is 0 Å². The van der Waals surface area contributed by atoms with E-state index >= 15 is 0 Å².